The highest BCUT2D eigenvalue weighted by molar-refractivity contribution is 6.02. The van der Waals surface area contributed by atoms with Crippen LogP contribution in [0.2, 0.25) is 0 Å². The fourth-order valence-corrected chi connectivity index (χ4v) is 2.36. The second kappa shape index (κ2) is 8.22. The van der Waals surface area contributed by atoms with Crippen LogP contribution in [-0.4, -0.2) is 42.7 Å². The van der Waals surface area contributed by atoms with Crippen molar-refractivity contribution in [1.29, 1.82) is 0 Å². The lowest BCUT2D eigenvalue weighted by Crippen LogP contribution is -2.32. The molecule has 10 heteroatoms. The van der Waals surface area contributed by atoms with Gasteiger partial charge in [0.05, 0.1) is 17.7 Å². The molecule has 1 fully saturated rings. The minimum Gasteiger partial charge on any atom is -0.376 e. The van der Waals surface area contributed by atoms with E-state index in [2.05, 4.69) is 10.0 Å². The van der Waals surface area contributed by atoms with Crippen LogP contribution in [0.4, 0.5) is 4.39 Å². The van der Waals surface area contributed by atoms with Gasteiger partial charge in [0.1, 0.15) is 6.67 Å². The van der Waals surface area contributed by atoms with E-state index >= 15 is 0 Å². The van der Waals surface area contributed by atoms with Gasteiger partial charge in [-0.1, -0.05) is 17.2 Å². The molecule has 25 heavy (non-hydrogen) atoms. The Bertz CT molecular complexity index is 701. The third kappa shape index (κ3) is 4.11. The second-order valence-corrected chi connectivity index (χ2v) is 5.17. The second-order valence-electron chi connectivity index (χ2n) is 5.17. The van der Waals surface area contributed by atoms with Crippen molar-refractivity contribution in [3.05, 3.63) is 45.8 Å². The van der Waals surface area contributed by atoms with Crippen molar-refractivity contribution < 1.29 is 28.3 Å². The van der Waals surface area contributed by atoms with E-state index in [0.717, 1.165) is 0 Å². The molecule has 2 rings (SSSR count). The minimum absolute atomic E-state index is 0.00456. The molecule has 1 aliphatic rings. The van der Waals surface area contributed by atoms with E-state index in [4.69, 9.17) is 15.1 Å². The van der Waals surface area contributed by atoms with Crippen molar-refractivity contribution >= 4 is 17.8 Å². The van der Waals surface area contributed by atoms with Crippen molar-refractivity contribution in [2.75, 3.05) is 13.8 Å². The zero-order chi connectivity index (χ0) is 18.4. The number of halogens is 1. The highest BCUT2D eigenvalue weighted by Crippen LogP contribution is 2.24. The lowest BCUT2D eigenvalue weighted by Gasteiger charge is -2.20. The molecule has 0 aromatic heterocycles. The fourth-order valence-electron chi connectivity index (χ4n) is 2.36. The monoisotopic (exact) mass is 350 g/mol. The summed E-state index contributed by atoms with van der Waals surface area (Å²) in [6.07, 6.45) is -0.817. The van der Waals surface area contributed by atoms with Gasteiger partial charge in [-0.15, -0.1) is 5.06 Å². The van der Waals surface area contributed by atoms with Crippen LogP contribution in [0.1, 0.15) is 34.9 Å². The number of imide groups is 1. The first-order valence-corrected chi connectivity index (χ1v) is 7.32. The highest BCUT2D eigenvalue weighted by atomic mass is 19.1. The van der Waals surface area contributed by atoms with Crippen LogP contribution in [0.3, 0.4) is 0 Å². The Balaban J connectivity index is 2.12. The number of hydrogen-bond acceptors (Lipinski definition) is 6. The van der Waals surface area contributed by atoms with Crippen LogP contribution < -0.4 is 0 Å². The number of carbonyl (C=O) groups excluding carboxylic acids is 3. The quantitative estimate of drug-likeness (QED) is 0.323. The average Bonchev–Trinajstić information content (AvgIpc) is 2.94. The predicted molar refractivity (Wildman–Crippen MR) is 81.6 cm³/mol. The molecule has 1 aliphatic heterocycles. The van der Waals surface area contributed by atoms with Crippen molar-refractivity contribution in [3.8, 4) is 0 Å². The van der Waals surface area contributed by atoms with Crippen LogP contribution in [0.15, 0.2) is 29.4 Å². The number of hydrogen-bond donors (Lipinski definition) is 0. The van der Waals surface area contributed by atoms with Crippen molar-refractivity contribution in [2.24, 2.45) is 5.11 Å². The minimum atomic E-state index is -1.05. The van der Waals surface area contributed by atoms with Crippen LogP contribution >= 0.6 is 0 Å². The zero-order valence-electron chi connectivity index (χ0n) is 13.3. The molecule has 0 bridgehead atoms. The van der Waals surface area contributed by atoms with Crippen molar-refractivity contribution in [1.82, 2.24) is 5.06 Å². The summed E-state index contributed by atoms with van der Waals surface area (Å²) in [5.41, 5.74) is 9.05. The Morgan fingerprint density at radius 1 is 1.32 bits per heavy atom. The smallest absolute Gasteiger partial charge is 0.363 e. The normalized spacial score (nSPS) is 16.3. The first-order valence-electron chi connectivity index (χ1n) is 7.32. The standard InChI is InChI=1S/C15H15FN4O5/c1-24-14(11(8-16)18-19-17)9-2-4-10(5-3-9)15(23)25-20-12(21)6-7-13(20)22/h2-5,11,14H,6-8H2,1H3/t11-,14-/m1/s1. The summed E-state index contributed by atoms with van der Waals surface area (Å²) in [6, 6.07) is 4.66. The van der Waals surface area contributed by atoms with Crippen molar-refractivity contribution in [3.63, 3.8) is 0 Å². The topological polar surface area (TPSA) is 122 Å². The van der Waals surface area contributed by atoms with Crippen LogP contribution in [-0.2, 0) is 19.2 Å². The number of carbonyl (C=O) groups is 3. The molecule has 1 aromatic carbocycles. The maximum absolute atomic E-state index is 13.0. The first-order chi connectivity index (χ1) is 12.0. The zero-order valence-corrected chi connectivity index (χ0v) is 13.3. The SMILES string of the molecule is CO[C@H](c1ccc(C(=O)ON2C(=O)CCC2=O)cc1)[C@@H](CF)N=[N+]=[N-]. The van der Waals surface area contributed by atoms with Gasteiger partial charge < -0.3 is 9.57 Å². The third-order valence-electron chi connectivity index (χ3n) is 3.62. The molecule has 0 spiro atoms. The summed E-state index contributed by atoms with van der Waals surface area (Å²) in [7, 11) is 1.34. The van der Waals surface area contributed by atoms with Gasteiger partial charge in [0, 0.05) is 24.9 Å². The number of hydroxylamine groups is 2. The molecule has 9 nitrogen and oxygen atoms in total. The van der Waals surface area contributed by atoms with E-state index in [1.165, 1.54) is 31.4 Å². The van der Waals surface area contributed by atoms with E-state index in [0.29, 0.717) is 10.6 Å². The summed E-state index contributed by atoms with van der Waals surface area (Å²) in [4.78, 5) is 42.3. The van der Waals surface area contributed by atoms with E-state index < -0.39 is 36.6 Å². The molecule has 0 aliphatic carbocycles. The molecule has 2 atom stereocenters. The van der Waals surface area contributed by atoms with Gasteiger partial charge >= 0.3 is 5.97 Å². The number of ether oxygens (including phenoxy) is 1. The Morgan fingerprint density at radius 2 is 1.92 bits per heavy atom. The molecule has 0 N–H and O–H groups in total. The number of rotatable bonds is 7. The summed E-state index contributed by atoms with van der Waals surface area (Å²) < 4.78 is 18.1. The molecular weight excluding hydrogens is 335 g/mol. The Kier molecular flexibility index (Phi) is 6.04. The van der Waals surface area contributed by atoms with Gasteiger partial charge in [-0.2, -0.15) is 0 Å². The predicted octanol–water partition coefficient (Wildman–Crippen LogP) is 2.24. The van der Waals surface area contributed by atoms with E-state index in [1.807, 2.05) is 0 Å². The number of benzene rings is 1. The van der Waals surface area contributed by atoms with E-state index in [-0.39, 0.29) is 18.4 Å². The lowest BCUT2D eigenvalue weighted by atomic mass is 10.0. The lowest BCUT2D eigenvalue weighted by molar-refractivity contribution is -0.172. The summed E-state index contributed by atoms with van der Waals surface area (Å²) in [5.74, 6) is -2.02. The van der Waals surface area contributed by atoms with Gasteiger partial charge in [0.25, 0.3) is 11.8 Å². The Morgan fingerprint density at radius 3 is 2.40 bits per heavy atom. The van der Waals surface area contributed by atoms with Crippen molar-refractivity contribution in [2.45, 2.75) is 25.0 Å². The van der Waals surface area contributed by atoms with E-state index in [1.54, 1.807) is 0 Å². The fraction of sp³-hybridized carbons (Fsp3) is 0.400. The molecule has 0 saturated carbocycles. The molecule has 2 amide bonds. The highest BCUT2D eigenvalue weighted by Gasteiger charge is 2.33. The summed E-state index contributed by atoms with van der Waals surface area (Å²) in [5, 5.41) is 3.79. The Hall–Kier alpha value is -2.97. The molecule has 1 saturated heterocycles. The largest absolute Gasteiger partial charge is 0.376 e. The maximum atomic E-state index is 13.0. The number of alkyl halides is 1. The van der Waals surface area contributed by atoms with Gasteiger partial charge in [-0.25, -0.2) is 4.79 Å². The molecule has 0 unspecified atom stereocenters. The van der Waals surface area contributed by atoms with Crippen LogP contribution in [0, 0.1) is 0 Å². The van der Waals surface area contributed by atoms with E-state index in [9.17, 15) is 18.8 Å². The third-order valence-corrected chi connectivity index (χ3v) is 3.62. The van der Waals surface area contributed by atoms with Crippen LogP contribution in [0.5, 0.6) is 0 Å². The molecule has 1 heterocycles. The molecule has 1 aromatic rings. The first kappa shape index (κ1) is 18.4. The summed E-state index contributed by atoms with van der Waals surface area (Å²) >= 11 is 0. The van der Waals surface area contributed by atoms with Crippen LogP contribution in [0.25, 0.3) is 10.4 Å². The number of methoxy groups -OCH3 is 1. The number of nitrogens with zero attached hydrogens (tertiary/aromatic N) is 4. The number of azide groups is 1. The Labute approximate surface area is 141 Å². The maximum Gasteiger partial charge on any atom is 0.363 e. The molecular formula is C15H15FN4O5. The average molecular weight is 350 g/mol. The van der Waals surface area contributed by atoms with Gasteiger partial charge in [-0.05, 0) is 23.2 Å². The van der Waals surface area contributed by atoms with Gasteiger partial charge in [0.2, 0.25) is 0 Å². The van der Waals surface area contributed by atoms with Gasteiger partial charge in [0.15, 0.2) is 0 Å². The number of amides is 2. The van der Waals surface area contributed by atoms with Gasteiger partial charge in [-0.3, -0.25) is 14.0 Å². The summed E-state index contributed by atoms with van der Waals surface area (Å²) in [6.45, 7) is -0.911. The molecule has 0 radical (unpaired) electrons. The molecule has 132 valence electrons.